The summed E-state index contributed by atoms with van der Waals surface area (Å²) in [6, 6.07) is 12.4. The highest BCUT2D eigenvalue weighted by Crippen LogP contribution is 2.26. The number of fused-ring (bicyclic) bond motifs is 2. The van der Waals surface area contributed by atoms with Crippen molar-refractivity contribution in [3.63, 3.8) is 0 Å². The van der Waals surface area contributed by atoms with Gasteiger partial charge in [-0.2, -0.15) is 0 Å². The van der Waals surface area contributed by atoms with Crippen LogP contribution in [0.3, 0.4) is 0 Å². The predicted octanol–water partition coefficient (Wildman–Crippen LogP) is 3.35. The zero-order valence-corrected chi connectivity index (χ0v) is 16.0. The normalized spacial score (nSPS) is 13.1. The lowest BCUT2D eigenvalue weighted by atomic mass is 10.0. The second-order valence-electron chi connectivity index (χ2n) is 6.51. The third-order valence-corrected chi connectivity index (χ3v) is 5.61. The van der Waals surface area contributed by atoms with Gasteiger partial charge in [-0.3, -0.25) is 19.3 Å². The van der Waals surface area contributed by atoms with E-state index in [1.165, 1.54) is 18.2 Å². The summed E-state index contributed by atoms with van der Waals surface area (Å²) in [6.07, 6.45) is 1.50. The highest BCUT2D eigenvalue weighted by atomic mass is 32.1. The zero-order valence-electron chi connectivity index (χ0n) is 15.2. The number of hydrogen-bond acceptors (Lipinski definition) is 5. The molecule has 2 aromatic carbocycles. The minimum atomic E-state index is -0.400. The molecular formula is C21H17N3O3S. The van der Waals surface area contributed by atoms with Crippen LogP contribution in [0.4, 0.5) is 0 Å². The molecule has 0 aliphatic carbocycles. The Bertz CT molecular complexity index is 1100. The lowest BCUT2D eigenvalue weighted by molar-refractivity contribution is 0.0671. The Labute approximate surface area is 165 Å². The lowest BCUT2D eigenvalue weighted by Crippen LogP contribution is -2.29. The highest BCUT2D eigenvalue weighted by molar-refractivity contribution is 7.18. The van der Waals surface area contributed by atoms with E-state index in [-0.39, 0.29) is 23.9 Å². The summed E-state index contributed by atoms with van der Waals surface area (Å²) >= 11 is 1.54. The molecule has 0 spiro atoms. The van der Waals surface area contributed by atoms with Gasteiger partial charge in [0.15, 0.2) is 0 Å². The molecule has 4 rings (SSSR count). The second kappa shape index (κ2) is 7.01. The van der Waals surface area contributed by atoms with Gasteiger partial charge >= 0.3 is 0 Å². The van der Waals surface area contributed by atoms with E-state index >= 15 is 0 Å². The number of para-hydroxylation sites is 1. The van der Waals surface area contributed by atoms with Gasteiger partial charge in [0, 0.05) is 19.2 Å². The van der Waals surface area contributed by atoms with Gasteiger partial charge in [-0.15, -0.1) is 17.9 Å². The van der Waals surface area contributed by atoms with Crippen molar-refractivity contribution >= 4 is 39.3 Å². The van der Waals surface area contributed by atoms with Gasteiger partial charge < -0.3 is 4.90 Å². The van der Waals surface area contributed by atoms with E-state index in [9.17, 15) is 14.4 Å². The van der Waals surface area contributed by atoms with Crippen LogP contribution in [0.1, 0.15) is 36.1 Å². The van der Waals surface area contributed by atoms with E-state index in [1.54, 1.807) is 29.4 Å². The summed E-state index contributed by atoms with van der Waals surface area (Å²) in [7, 11) is 1.69. The van der Waals surface area contributed by atoms with Crippen LogP contribution in [0, 0.1) is 0 Å². The number of amides is 3. The maximum atomic E-state index is 12.8. The van der Waals surface area contributed by atoms with Crippen molar-refractivity contribution in [2.24, 2.45) is 0 Å². The minimum Gasteiger partial charge on any atom is -0.335 e. The van der Waals surface area contributed by atoms with E-state index in [1.807, 2.05) is 24.3 Å². The summed E-state index contributed by atoms with van der Waals surface area (Å²) in [5, 5.41) is 0.835. The molecule has 0 fully saturated rings. The first kappa shape index (κ1) is 18.1. The molecule has 0 bridgehead atoms. The Morgan fingerprint density at radius 2 is 1.93 bits per heavy atom. The molecule has 6 nitrogen and oxygen atoms in total. The zero-order chi connectivity index (χ0) is 19.8. The molecule has 140 valence electrons. The fraction of sp³-hybridized carbons (Fsp3) is 0.143. The standard InChI is InChI=1S/C21H17N3O3S/c1-3-10-24-20(26)14-9-8-13(11-15(14)21(24)27)19(25)23(2)12-18-22-16-6-4-5-7-17(16)28-18/h3-9,11H,1,10,12H2,2H3. The number of carbonyl (C=O) groups is 3. The Morgan fingerprint density at radius 3 is 2.68 bits per heavy atom. The van der Waals surface area contributed by atoms with Crippen LogP contribution in [0.2, 0.25) is 0 Å². The third kappa shape index (κ3) is 2.99. The molecule has 0 saturated carbocycles. The van der Waals surface area contributed by atoms with Crippen LogP contribution >= 0.6 is 11.3 Å². The lowest BCUT2D eigenvalue weighted by Gasteiger charge is -2.16. The first-order valence-corrected chi connectivity index (χ1v) is 9.52. The maximum Gasteiger partial charge on any atom is 0.261 e. The molecule has 3 aromatic rings. The van der Waals surface area contributed by atoms with Gasteiger partial charge in [0.2, 0.25) is 0 Å². The molecule has 0 N–H and O–H groups in total. The van der Waals surface area contributed by atoms with Crippen LogP contribution < -0.4 is 0 Å². The summed E-state index contributed by atoms with van der Waals surface area (Å²) < 4.78 is 1.07. The molecule has 3 amide bonds. The molecule has 2 heterocycles. The topological polar surface area (TPSA) is 70.6 Å². The first-order valence-electron chi connectivity index (χ1n) is 8.70. The van der Waals surface area contributed by atoms with Crippen LogP contribution in [0.25, 0.3) is 10.2 Å². The largest absolute Gasteiger partial charge is 0.335 e. The fourth-order valence-electron chi connectivity index (χ4n) is 3.20. The van der Waals surface area contributed by atoms with Gasteiger partial charge in [0.05, 0.1) is 27.9 Å². The second-order valence-corrected chi connectivity index (χ2v) is 7.62. The maximum absolute atomic E-state index is 12.8. The molecule has 1 aromatic heterocycles. The van der Waals surface area contributed by atoms with E-state index in [0.29, 0.717) is 17.7 Å². The number of imide groups is 1. The van der Waals surface area contributed by atoms with Crippen LogP contribution in [0.15, 0.2) is 55.1 Å². The highest BCUT2D eigenvalue weighted by Gasteiger charge is 2.35. The van der Waals surface area contributed by atoms with Crippen molar-refractivity contribution in [1.29, 1.82) is 0 Å². The van der Waals surface area contributed by atoms with E-state index in [0.717, 1.165) is 20.1 Å². The van der Waals surface area contributed by atoms with Crippen molar-refractivity contribution in [2.75, 3.05) is 13.6 Å². The summed E-state index contributed by atoms with van der Waals surface area (Å²) in [5.74, 6) is -0.991. The Morgan fingerprint density at radius 1 is 1.18 bits per heavy atom. The Hall–Kier alpha value is -3.32. The molecule has 0 saturated heterocycles. The summed E-state index contributed by atoms with van der Waals surface area (Å²) in [6.45, 7) is 4.08. The number of thiazole rings is 1. The van der Waals surface area contributed by atoms with Crippen LogP contribution in [-0.2, 0) is 6.54 Å². The Balaban J connectivity index is 1.56. The number of nitrogens with zero attached hydrogens (tertiary/aromatic N) is 3. The van der Waals surface area contributed by atoms with Gasteiger partial charge in [-0.05, 0) is 30.3 Å². The number of aromatic nitrogens is 1. The molecule has 1 aliphatic heterocycles. The van der Waals surface area contributed by atoms with Crippen molar-refractivity contribution in [3.05, 3.63) is 76.8 Å². The third-order valence-electron chi connectivity index (χ3n) is 4.59. The summed E-state index contributed by atoms with van der Waals surface area (Å²) in [4.78, 5) is 44.8. The van der Waals surface area contributed by atoms with E-state index < -0.39 is 5.91 Å². The van der Waals surface area contributed by atoms with Gasteiger partial charge in [-0.1, -0.05) is 18.2 Å². The quantitative estimate of drug-likeness (QED) is 0.494. The molecule has 1 aliphatic rings. The molecular weight excluding hydrogens is 374 g/mol. The number of benzene rings is 2. The van der Waals surface area contributed by atoms with E-state index in [2.05, 4.69) is 11.6 Å². The van der Waals surface area contributed by atoms with Gasteiger partial charge in [-0.25, -0.2) is 4.98 Å². The fourth-order valence-corrected chi connectivity index (χ4v) is 4.22. The van der Waals surface area contributed by atoms with Gasteiger partial charge in [0.1, 0.15) is 5.01 Å². The predicted molar refractivity (Wildman–Crippen MR) is 107 cm³/mol. The monoisotopic (exact) mass is 391 g/mol. The molecule has 0 atom stereocenters. The summed E-state index contributed by atoms with van der Waals surface area (Å²) in [5.41, 5.74) is 1.85. The minimum absolute atomic E-state index is 0.146. The molecule has 0 radical (unpaired) electrons. The molecule has 0 unspecified atom stereocenters. The average molecular weight is 391 g/mol. The SMILES string of the molecule is C=CCN1C(=O)c2ccc(C(=O)N(C)Cc3nc4ccccc4s3)cc2C1=O. The number of rotatable bonds is 5. The van der Waals surface area contributed by atoms with E-state index in [4.69, 9.17) is 0 Å². The van der Waals surface area contributed by atoms with Crippen molar-refractivity contribution in [2.45, 2.75) is 6.54 Å². The van der Waals surface area contributed by atoms with Crippen LogP contribution in [0.5, 0.6) is 0 Å². The number of carbonyl (C=O) groups excluding carboxylic acids is 3. The molecule has 7 heteroatoms. The Kier molecular flexibility index (Phi) is 4.52. The first-order chi connectivity index (χ1) is 13.5. The van der Waals surface area contributed by atoms with Crippen molar-refractivity contribution in [3.8, 4) is 0 Å². The van der Waals surface area contributed by atoms with Crippen molar-refractivity contribution in [1.82, 2.24) is 14.8 Å². The van der Waals surface area contributed by atoms with Crippen LogP contribution in [-0.4, -0.2) is 46.1 Å². The number of hydrogen-bond donors (Lipinski definition) is 0. The molecule has 28 heavy (non-hydrogen) atoms. The van der Waals surface area contributed by atoms with Gasteiger partial charge in [0.25, 0.3) is 17.7 Å². The average Bonchev–Trinajstić information content (AvgIpc) is 3.21. The smallest absolute Gasteiger partial charge is 0.261 e. The van der Waals surface area contributed by atoms with Crippen molar-refractivity contribution < 1.29 is 14.4 Å².